The predicted octanol–water partition coefficient (Wildman–Crippen LogP) is 3.58. The number of rotatable bonds is 10. The molecule has 0 amide bonds. The fourth-order valence-corrected chi connectivity index (χ4v) is 2.55. The van der Waals surface area contributed by atoms with Crippen molar-refractivity contribution in [3.63, 3.8) is 0 Å². The third kappa shape index (κ3) is 6.13. The smallest absolute Gasteiger partial charge is 0.314 e. The van der Waals surface area contributed by atoms with Gasteiger partial charge in [-0.1, -0.05) is 13.8 Å². The summed E-state index contributed by atoms with van der Waals surface area (Å²) >= 11 is 0. The molecule has 1 aromatic rings. The van der Waals surface area contributed by atoms with Gasteiger partial charge in [0, 0.05) is 5.56 Å². The van der Waals surface area contributed by atoms with Crippen LogP contribution in [0.1, 0.15) is 46.1 Å². The summed E-state index contributed by atoms with van der Waals surface area (Å²) in [6, 6.07) is 1.71. The molecule has 0 saturated carbocycles. The Balaban J connectivity index is 3.20. The molecular formula is C17H31N5O3. The topological polar surface area (TPSA) is 92.6 Å². The molecule has 1 aromatic heterocycles. The molecule has 0 aliphatic rings. The van der Waals surface area contributed by atoms with Crippen molar-refractivity contribution in [1.29, 1.82) is 0 Å². The second-order valence-corrected chi connectivity index (χ2v) is 6.54. The van der Waals surface area contributed by atoms with Crippen molar-refractivity contribution < 1.29 is 9.66 Å². The molecule has 1 heterocycles. The maximum Gasteiger partial charge on any atom is 0.314 e. The number of nitrogens with zero attached hydrogens (tertiary/aromatic N) is 3. The molecule has 0 aliphatic carbocycles. The van der Waals surface area contributed by atoms with E-state index in [0.29, 0.717) is 17.8 Å². The van der Waals surface area contributed by atoms with Crippen molar-refractivity contribution >= 4 is 17.3 Å². The summed E-state index contributed by atoms with van der Waals surface area (Å²) < 4.78 is 5.76. The second kappa shape index (κ2) is 9.53. The Labute approximate surface area is 150 Å². The van der Waals surface area contributed by atoms with Gasteiger partial charge in [-0.25, -0.2) is 4.98 Å². The quantitative estimate of drug-likeness (QED) is 0.377. The van der Waals surface area contributed by atoms with Gasteiger partial charge in [-0.2, -0.15) is 0 Å². The molecule has 2 atom stereocenters. The SMILES string of the molecule is CCC(Nc1nc(NC(CC)N(C)C)cc(C)c1[N+](=O)[O-])OC(C)C. The minimum absolute atomic E-state index is 0.0112. The summed E-state index contributed by atoms with van der Waals surface area (Å²) in [6.07, 6.45) is 1.31. The summed E-state index contributed by atoms with van der Waals surface area (Å²) in [6.45, 7) is 9.60. The van der Waals surface area contributed by atoms with Gasteiger partial charge in [0.25, 0.3) is 0 Å². The number of pyridine rings is 1. The second-order valence-electron chi connectivity index (χ2n) is 6.54. The van der Waals surface area contributed by atoms with E-state index in [1.807, 2.05) is 39.8 Å². The number of hydrogen-bond acceptors (Lipinski definition) is 7. The number of anilines is 2. The zero-order valence-corrected chi connectivity index (χ0v) is 16.3. The summed E-state index contributed by atoms with van der Waals surface area (Å²) in [7, 11) is 3.95. The zero-order valence-electron chi connectivity index (χ0n) is 16.3. The minimum atomic E-state index is -0.403. The molecule has 0 aromatic carbocycles. The highest BCUT2D eigenvalue weighted by atomic mass is 16.6. The Morgan fingerprint density at radius 3 is 2.36 bits per heavy atom. The van der Waals surface area contributed by atoms with E-state index in [9.17, 15) is 10.1 Å². The van der Waals surface area contributed by atoms with Crippen molar-refractivity contribution in [2.75, 3.05) is 24.7 Å². The van der Waals surface area contributed by atoms with E-state index in [0.717, 1.165) is 6.42 Å². The largest absolute Gasteiger partial charge is 0.356 e. The van der Waals surface area contributed by atoms with Crippen LogP contribution in [-0.4, -0.2) is 47.4 Å². The number of aryl methyl sites for hydroxylation is 1. The summed E-state index contributed by atoms with van der Waals surface area (Å²) in [4.78, 5) is 17.6. The van der Waals surface area contributed by atoms with E-state index in [-0.39, 0.29) is 30.0 Å². The maximum absolute atomic E-state index is 11.5. The van der Waals surface area contributed by atoms with E-state index in [1.165, 1.54) is 0 Å². The van der Waals surface area contributed by atoms with Crippen molar-refractivity contribution in [3.8, 4) is 0 Å². The van der Waals surface area contributed by atoms with Crippen LogP contribution in [0.5, 0.6) is 0 Å². The summed E-state index contributed by atoms with van der Waals surface area (Å²) in [5.74, 6) is 0.833. The van der Waals surface area contributed by atoms with Crippen molar-refractivity contribution in [3.05, 3.63) is 21.7 Å². The van der Waals surface area contributed by atoms with Gasteiger partial charge < -0.3 is 15.4 Å². The first-order valence-corrected chi connectivity index (χ1v) is 8.70. The summed E-state index contributed by atoms with van der Waals surface area (Å²) in [5.41, 5.74) is 0.535. The maximum atomic E-state index is 11.5. The third-order valence-electron chi connectivity index (χ3n) is 3.80. The third-order valence-corrected chi connectivity index (χ3v) is 3.80. The Bertz CT molecular complexity index is 578. The molecule has 0 bridgehead atoms. The Morgan fingerprint density at radius 2 is 1.92 bits per heavy atom. The highest BCUT2D eigenvalue weighted by Crippen LogP contribution is 2.30. The number of nitro groups is 1. The van der Waals surface area contributed by atoms with E-state index < -0.39 is 4.92 Å². The fraction of sp³-hybridized carbons (Fsp3) is 0.706. The Hall–Kier alpha value is -1.93. The fourth-order valence-electron chi connectivity index (χ4n) is 2.55. The van der Waals surface area contributed by atoms with Crippen molar-refractivity contribution in [2.45, 2.75) is 66.0 Å². The molecule has 0 aliphatic heterocycles. The average Bonchev–Trinajstić information content (AvgIpc) is 2.50. The lowest BCUT2D eigenvalue weighted by molar-refractivity contribution is -0.384. The van der Waals surface area contributed by atoms with E-state index in [2.05, 4.69) is 22.5 Å². The van der Waals surface area contributed by atoms with Crippen LogP contribution in [0.3, 0.4) is 0 Å². The monoisotopic (exact) mass is 353 g/mol. The highest BCUT2D eigenvalue weighted by Gasteiger charge is 2.24. The van der Waals surface area contributed by atoms with Gasteiger partial charge in [0.05, 0.1) is 17.2 Å². The molecule has 0 fully saturated rings. The lowest BCUT2D eigenvalue weighted by atomic mass is 10.2. The molecule has 0 saturated heterocycles. The lowest BCUT2D eigenvalue weighted by Crippen LogP contribution is -2.35. The first kappa shape index (κ1) is 21.1. The van der Waals surface area contributed by atoms with Gasteiger partial charge in [-0.3, -0.25) is 15.0 Å². The number of nitrogens with one attached hydrogen (secondary N) is 2. The highest BCUT2D eigenvalue weighted by molar-refractivity contribution is 5.65. The van der Waals surface area contributed by atoms with Crippen LogP contribution in [0.2, 0.25) is 0 Å². The molecule has 1 rings (SSSR count). The average molecular weight is 353 g/mol. The first-order chi connectivity index (χ1) is 11.7. The van der Waals surface area contributed by atoms with Crippen LogP contribution >= 0.6 is 0 Å². The molecular weight excluding hydrogens is 322 g/mol. The van der Waals surface area contributed by atoms with Gasteiger partial charge >= 0.3 is 5.69 Å². The van der Waals surface area contributed by atoms with Crippen LogP contribution in [-0.2, 0) is 4.74 Å². The van der Waals surface area contributed by atoms with Crippen LogP contribution in [0.25, 0.3) is 0 Å². The van der Waals surface area contributed by atoms with Gasteiger partial charge in [-0.15, -0.1) is 0 Å². The molecule has 2 N–H and O–H groups in total. The number of ether oxygens (including phenoxy) is 1. The van der Waals surface area contributed by atoms with Gasteiger partial charge in [0.1, 0.15) is 12.0 Å². The van der Waals surface area contributed by atoms with Gasteiger partial charge in [0.15, 0.2) is 0 Å². The normalized spacial score (nSPS) is 13.8. The Kier molecular flexibility index (Phi) is 8.05. The molecule has 8 nitrogen and oxygen atoms in total. The van der Waals surface area contributed by atoms with E-state index >= 15 is 0 Å². The lowest BCUT2D eigenvalue weighted by Gasteiger charge is -2.25. The molecule has 8 heteroatoms. The first-order valence-electron chi connectivity index (χ1n) is 8.70. The standard InChI is InChI=1S/C17H31N5O3/c1-8-14(21(6)7)18-13-10-12(5)16(22(23)24)17(19-13)20-15(9-2)25-11(3)4/h10-11,14-15H,8-9H2,1-7H3,(H2,18,19,20). The number of hydrogen-bond donors (Lipinski definition) is 2. The van der Waals surface area contributed by atoms with Crippen molar-refractivity contribution in [2.24, 2.45) is 0 Å². The van der Waals surface area contributed by atoms with Gasteiger partial charge in [-0.05, 0) is 53.8 Å². The Morgan fingerprint density at radius 1 is 1.28 bits per heavy atom. The molecule has 25 heavy (non-hydrogen) atoms. The van der Waals surface area contributed by atoms with Crippen LogP contribution in [0.4, 0.5) is 17.3 Å². The van der Waals surface area contributed by atoms with Crippen LogP contribution < -0.4 is 10.6 Å². The van der Waals surface area contributed by atoms with E-state index in [1.54, 1.807) is 13.0 Å². The molecule has 0 spiro atoms. The van der Waals surface area contributed by atoms with Crippen LogP contribution in [0.15, 0.2) is 6.07 Å². The number of aromatic nitrogens is 1. The van der Waals surface area contributed by atoms with Gasteiger partial charge in [0.2, 0.25) is 5.82 Å². The molecule has 2 unspecified atom stereocenters. The van der Waals surface area contributed by atoms with Crippen LogP contribution in [0, 0.1) is 17.0 Å². The van der Waals surface area contributed by atoms with Crippen molar-refractivity contribution in [1.82, 2.24) is 9.88 Å². The summed E-state index contributed by atoms with van der Waals surface area (Å²) in [5, 5.41) is 17.9. The minimum Gasteiger partial charge on any atom is -0.356 e. The van der Waals surface area contributed by atoms with E-state index in [4.69, 9.17) is 4.74 Å². The predicted molar refractivity (Wildman–Crippen MR) is 101 cm³/mol. The molecule has 0 radical (unpaired) electrons. The molecule has 142 valence electrons. The zero-order chi connectivity index (χ0) is 19.1.